The second-order valence-electron chi connectivity index (χ2n) is 5.70. The molecule has 0 bridgehead atoms. The third kappa shape index (κ3) is 4.97. The first-order valence-corrected chi connectivity index (χ1v) is 8.08. The van der Waals surface area contributed by atoms with Gasteiger partial charge in [-0.25, -0.2) is 8.42 Å². The molecule has 1 aromatic rings. The second-order valence-corrected chi connectivity index (χ2v) is 7.86. The Balaban J connectivity index is 3.06. The molecule has 0 unspecified atom stereocenters. The number of rotatable bonds is 5. The third-order valence-corrected chi connectivity index (χ3v) is 4.39. The predicted molar refractivity (Wildman–Crippen MR) is 85.7 cm³/mol. The van der Waals surface area contributed by atoms with Gasteiger partial charge in [-0.1, -0.05) is 33.0 Å². The van der Waals surface area contributed by atoms with Crippen molar-refractivity contribution in [2.45, 2.75) is 20.8 Å². The molecule has 112 valence electrons. The van der Waals surface area contributed by atoms with Crippen LogP contribution in [0, 0.1) is 5.41 Å². The van der Waals surface area contributed by atoms with Gasteiger partial charge in [0, 0.05) is 5.56 Å². The zero-order valence-corrected chi connectivity index (χ0v) is 13.7. The van der Waals surface area contributed by atoms with Crippen molar-refractivity contribution in [2.75, 3.05) is 17.6 Å². The summed E-state index contributed by atoms with van der Waals surface area (Å²) < 4.78 is 31.9. The zero-order chi connectivity index (χ0) is 15.6. The number of methoxy groups -OCH3 is 1. The van der Waals surface area contributed by atoms with Gasteiger partial charge in [0.15, 0.2) is 0 Å². The van der Waals surface area contributed by atoms with Gasteiger partial charge in [0.1, 0.15) is 10.7 Å². The van der Waals surface area contributed by atoms with Crippen LogP contribution in [0.4, 0.5) is 5.69 Å². The van der Waals surface area contributed by atoms with E-state index in [1.807, 2.05) is 20.8 Å². The molecule has 3 N–H and O–H groups in total. The molecule has 0 aromatic heterocycles. The first-order valence-electron chi connectivity index (χ1n) is 6.02. The molecule has 1 aromatic carbocycles. The Bertz CT molecular complexity index is 605. The summed E-state index contributed by atoms with van der Waals surface area (Å²) in [5.41, 5.74) is 6.19. The minimum absolute atomic E-state index is 0.0141. The number of nitrogens with one attached hydrogen (secondary N) is 1. The summed E-state index contributed by atoms with van der Waals surface area (Å²) in [5.74, 6) is 0.396. The summed E-state index contributed by atoms with van der Waals surface area (Å²) in [6.07, 6.45) is 0. The number of thiocarbonyl (C=S) groups is 1. The Kier molecular flexibility index (Phi) is 4.99. The minimum atomic E-state index is -3.45. The fourth-order valence-corrected chi connectivity index (χ4v) is 3.55. The van der Waals surface area contributed by atoms with E-state index in [0.717, 1.165) is 0 Å². The van der Waals surface area contributed by atoms with Crippen LogP contribution in [0.3, 0.4) is 0 Å². The van der Waals surface area contributed by atoms with Crippen molar-refractivity contribution >= 4 is 32.9 Å². The lowest BCUT2D eigenvalue weighted by Gasteiger charge is -2.19. The van der Waals surface area contributed by atoms with E-state index in [2.05, 4.69) is 4.72 Å². The Labute approximate surface area is 125 Å². The summed E-state index contributed by atoms with van der Waals surface area (Å²) in [7, 11) is -1.99. The average molecular weight is 316 g/mol. The number of ether oxygens (including phenoxy) is 1. The molecule has 5 nitrogen and oxygen atoms in total. The Hall–Kier alpha value is -1.34. The van der Waals surface area contributed by atoms with Crippen molar-refractivity contribution in [3.8, 4) is 5.75 Å². The first-order chi connectivity index (χ1) is 9.04. The maximum absolute atomic E-state index is 12.1. The lowest BCUT2D eigenvalue weighted by Crippen LogP contribution is -2.26. The minimum Gasteiger partial charge on any atom is -0.495 e. The van der Waals surface area contributed by atoms with Crippen LogP contribution in [0.2, 0.25) is 0 Å². The molecule has 0 saturated heterocycles. The molecule has 0 heterocycles. The van der Waals surface area contributed by atoms with Crippen molar-refractivity contribution in [1.82, 2.24) is 0 Å². The van der Waals surface area contributed by atoms with E-state index >= 15 is 0 Å². The summed E-state index contributed by atoms with van der Waals surface area (Å²) in [6, 6.07) is 4.85. The predicted octanol–water partition coefficient (Wildman–Crippen LogP) is 2.12. The molecule has 0 saturated carbocycles. The summed E-state index contributed by atoms with van der Waals surface area (Å²) >= 11 is 4.88. The second kappa shape index (κ2) is 5.97. The van der Waals surface area contributed by atoms with E-state index in [0.29, 0.717) is 17.0 Å². The van der Waals surface area contributed by atoms with Crippen LogP contribution in [0.25, 0.3) is 0 Å². The van der Waals surface area contributed by atoms with Crippen LogP contribution >= 0.6 is 12.2 Å². The van der Waals surface area contributed by atoms with E-state index < -0.39 is 10.0 Å². The van der Waals surface area contributed by atoms with Crippen molar-refractivity contribution in [3.05, 3.63) is 23.8 Å². The highest BCUT2D eigenvalue weighted by Crippen LogP contribution is 2.28. The largest absolute Gasteiger partial charge is 0.495 e. The number of hydrogen-bond donors (Lipinski definition) is 2. The molecule has 0 aliphatic carbocycles. The maximum atomic E-state index is 12.1. The van der Waals surface area contributed by atoms with E-state index in [-0.39, 0.29) is 16.2 Å². The molecule has 20 heavy (non-hydrogen) atoms. The van der Waals surface area contributed by atoms with Gasteiger partial charge in [-0.15, -0.1) is 0 Å². The van der Waals surface area contributed by atoms with Crippen LogP contribution in [0.1, 0.15) is 26.3 Å². The Morgan fingerprint density at radius 1 is 1.40 bits per heavy atom. The summed E-state index contributed by atoms with van der Waals surface area (Å²) in [4.78, 5) is 0.229. The molecule has 0 amide bonds. The van der Waals surface area contributed by atoms with Crippen LogP contribution in [0.5, 0.6) is 5.75 Å². The summed E-state index contributed by atoms with van der Waals surface area (Å²) in [6.45, 7) is 5.58. The smallest absolute Gasteiger partial charge is 0.233 e. The molecule has 0 aliphatic heterocycles. The first kappa shape index (κ1) is 16.7. The number of benzene rings is 1. The average Bonchev–Trinajstić information content (AvgIpc) is 2.25. The molecule has 0 fully saturated rings. The maximum Gasteiger partial charge on any atom is 0.233 e. The van der Waals surface area contributed by atoms with E-state index in [4.69, 9.17) is 22.7 Å². The van der Waals surface area contributed by atoms with Gasteiger partial charge in [0.25, 0.3) is 0 Å². The molecule has 1 rings (SSSR count). The van der Waals surface area contributed by atoms with Gasteiger partial charge in [0.05, 0.1) is 18.6 Å². The van der Waals surface area contributed by atoms with Crippen LogP contribution < -0.4 is 15.2 Å². The van der Waals surface area contributed by atoms with Crippen LogP contribution in [0.15, 0.2) is 18.2 Å². The van der Waals surface area contributed by atoms with Crippen LogP contribution in [-0.2, 0) is 10.0 Å². The lowest BCUT2D eigenvalue weighted by atomic mass is 10.0. The fraction of sp³-hybridized carbons (Fsp3) is 0.462. The van der Waals surface area contributed by atoms with Crippen molar-refractivity contribution in [1.29, 1.82) is 0 Å². The molecule has 0 atom stereocenters. The summed E-state index contributed by atoms with van der Waals surface area (Å²) in [5, 5.41) is 0. The molecule has 0 aliphatic rings. The molecule has 0 spiro atoms. The lowest BCUT2D eigenvalue weighted by molar-refractivity contribution is 0.416. The number of hydrogen-bond acceptors (Lipinski definition) is 4. The Morgan fingerprint density at radius 2 is 2.00 bits per heavy atom. The van der Waals surface area contributed by atoms with Crippen molar-refractivity contribution < 1.29 is 13.2 Å². The van der Waals surface area contributed by atoms with E-state index in [1.165, 1.54) is 7.11 Å². The highest BCUT2D eigenvalue weighted by molar-refractivity contribution is 7.92. The van der Waals surface area contributed by atoms with Gasteiger partial charge in [0.2, 0.25) is 10.0 Å². The highest BCUT2D eigenvalue weighted by atomic mass is 32.2. The topological polar surface area (TPSA) is 81.4 Å². The quantitative estimate of drug-likeness (QED) is 0.813. The van der Waals surface area contributed by atoms with Crippen molar-refractivity contribution in [3.63, 3.8) is 0 Å². The van der Waals surface area contributed by atoms with Gasteiger partial charge < -0.3 is 10.5 Å². The monoisotopic (exact) mass is 316 g/mol. The van der Waals surface area contributed by atoms with E-state index in [9.17, 15) is 8.42 Å². The van der Waals surface area contributed by atoms with Crippen molar-refractivity contribution in [2.24, 2.45) is 11.1 Å². The molecular formula is C13H20N2O3S2. The van der Waals surface area contributed by atoms with Gasteiger partial charge in [-0.3, -0.25) is 4.72 Å². The number of sulfonamides is 1. The molecular weight excluding hydrogens is 296 g/mol. The Morgan fingerprint density at radius 3 is 2.45 bits per heavy atom. The standard InChI is InChI=1S/C13H20N2O3S2/c1-13(2,3)8-20(16,17)15-10-6-5-9(12(14)19)7-11(10)18-4/h5-7,15H,8H2,1-4H3,(H2,14,19). The van der Waals surface area contributed by atoms with Gasteiger partial charge in [-0.05, 0) is 23.6 Å². The highest BCUT2D eigenvalue weighted by Gasteiger charge is 2.22. The van der Waals surface area contributed by atoms with E-state index in [1.54, 1.807) is 18.2 Å². The zero-order valence-electron chi connectivity index (χ0n) is 12.1. The molecule has 7 heteroatoms. The number of nitrogens with two attached hydrogens (primary N) is 1. The van der Waals surface area contributed by atoms with Crippen LogP contribution in [-0.4, -0.2) is 26.3 Å². The molecule has 0 radical (unpaired) electrons. The van der Waals surface area contributed by atoms with Gasteiger partial charge in [-0.2, -0.15) is 0 Å². The fourth-order valence-electron chi connectivity index (χ4n) is 1.70. The number of anilines is 1. The third-order valence-electron chi connectivity index (χ3n) is 2.37. The normalized spacial score (nSPS) is 12.0. The SMILES string of the molecule is COc1cc(C(N)=S)ccc1NS(=O)(=O)CC(C)(C)C. The van der Waals surface area contributed by atoms with Gasteiger partial charge >= 0.3 is 0 Å².